The van der Waals surface area contributed by atoms with Gasteiger partial charge in [-0.2, -0.15) is 0 Å². The van der Waals surface area contributed by atoms with Gasteiger partial charge >= 0.3 is 8.48 Å². The molecule has 0 aromatic heterocycles. The Morgan fingerprint density at radius 3 is 1.33 bits per heavy atom. The standard InChI is InChI=1S/C48H35NOSi/c1-4-17-36(18-5-1)39-23-14-26-42(33-39)49-47-31-12-10-29-45(47)46-30-11-13-32-48(46)50-51(49,43-27-15-24-40(34-43)37-19-6-2-7-20-37)44-28-16-25-41(35-44)38-21-8-3-9-22-38/h1-35H. The summed E-state index contributed by atoms with van der Waals surface area (Å²) in [6.45, 7) is 0. The quantitative estimate of drug-likeness (QED) is 0.163. The molecule has 0 N–H and O–H groups in total. The van der Waals surface area contributed by atoms with Crippen LogP contribution in [0, 0.1) is 0 Å². The number of rotatable bonds is 6. The maximum absolute atomic E-state index is 7.86. The molecule has 0 spiro atoms. The van der Waals surface area contributed by atoms with Crippen LogP contribution in [-0.2, 0) is 0 Å². The van der Waals surface area contributed by atoms with E-state index in [1.807, 2.05) is 0 Å². The molecule has 0 unspecified atom stereocenters. The summed E-state index contributed by atoms with van der Waals surface area (Å²) in [5, 5.41) is 2.32. The minimum atomic E-state index is -3.48. The van der Waals surface area contributed by atoms with Gasteiger partial charge in [-0.1, -0.05) is 176 Å². The van der Waals surface area contributed by atoms with Crippen molar-refractivity contribution in [3.63, 3.8) is 0 Å². The highest BCUT2D eigenvalue weighted by Gasteiger charge is 2.52. The lowest BCUT2D eigenvalue weighted by Gasteiger charge is -2.42. The van der Waals surface area contributed by atoms with Crippen LogP contribution < -0.4 is 19.4 Å². The smallest absolute Gasteiger partial charge is 0.433 e. The molecule has 0 saturated carbocycles. The highest BCUT2D eigenvalue weighted by Crippen LogP contribution is 2.46. The third-order valence-corrected chi connectivity index (χ3v) is 13.7. The highest BCUT2D eigenvalue weighted by molar-refractivity contribution is 7.01. The van der Waals surface area contributed by atoms with Gasteiger partial charge in [0.1, 0.15) is 5.75 Å². The van der Waals surface area contributed by atoms with Crippen LogP contribution in [0.3, 0.4) is 0 Å². The van der Waals surface area contributed by atoms with Crippen LogP contribution in [0.2, 0.25) is 0 Å². The molecule has 1 heterocycles. The first-order chi connectivity index (χ1) is 25.3. The summed E-state index contributed by atoms with van der Waals surface area (Å²) in [6, 6.07) is 76.3. The predicted octanol–water partition coefficient (Wildman–Crippen LogP) is 11.1. The van der Waals surface area contributed by atoms with Gasteiger partial charge in [-0.05, 0) is 69.8 Å². The van der Waals surface area contributed by atoms with E-state index >= 15 is 0 Å². The summed E-state index contributed by atoms with van der Waals surface area (Å²) in [5.41, 5.74) is 11.4. The summed E-state index contributed by atoms with van der Waals surface area (Å²) in [7, 11) is -3.48. The molecule has 2 nitrogen and oxygen atoms in total. The van der Waals surface area contributed by atoms with Gasteiger partial charge in [0.25, 0.3) is 0 Å². The predicted molar refractivity (Wildman–Crippen MR) is 215 cm³/mol. The zero-order valence-electron chi connectivity index (χ0n) is 28.1. The molecule has 1 aliphatic heterocycles. The molecule has 3 heteroatoms. The fourth-order valence-electron chi connectivity index (χ4n) is 7.45. The van der Waals surface area contributed by atoms with E-state index in [4.69, 9.17) is 4.43 Å². The Hall–Kier alpha value is -6.42. The molecule has 0 radical (unpaired) electrons. The number of benzene rings is 8. The van der Waals surface area contributed by atoms with Crippen molar-refractivity contribution in [2.45, 2.75) is 0 Å². The summed E-state index contributed by atoms with van der Waals surface area (Å²) in [5.74, 6) is 0.883. The normalized spacial score (nSPS) is 13.0. The van der Waals surface area contributed by atoms with Crippen molar-refractivity contribution >= 4 is 30.2 Å². The fourth-order valence-corrected chi connectivity index (χ4v) is 11.5. The largest absolute Gasteiger partial charge is 0.518 e. The topological polar surface area (TPSA) is 12.5 Å². The lowest BCUT2D eigenvalue weighted by atomic mass is 10.0. The van der Waals surface area contributed by atoms with Gasteiger partial charge in [0, 0.05) is 32.9 Å². The van der Waals surface area contributed by atoms with Gasteiger partial charge in [0.2, 0.25) is 0 Å². The number of hydrogen-bond acceptors (Lipinski definition) is 2. The van der Waals surface area contributed by atoms with Crippen LogP contribution in [0.4, 0.5) is 11.4 Å². The molecule has 51 heavy (non-hydrogen) atoms. The monoisotopic (exact) mass is 669 g/mol. The summed E-state index contributed by atoms with van der Waals surface area (Å²) in [6.07, 6.45) is 0. The van der Waals surface area contributed by atoms with E-state index in [2.05, 4.69) is 217 Å². The van der Waals surface area contributed by atoms with E-state index in [9.17, 15) is 0 Å². The van der Waals surface area contributed by atoms with Gasteiger partial charge in [-0.25, -0.2) is 0 Å². The third-order valence-electron chi connectivity index (χ3n) is 9.83. The zero-order valence-corrected chi connectivity index (χ0v) is 29.1. The molecule has 9 rings (SSSR count). The number of nitrogens with zero attached hydrogens (tertiary/aromatic N) is 1. The van der Waals surface area contributed by atoms with E-state index in [0.717, 1.165) is 55.3 Å². The molecule has 8 aromatic carbocycles. The van der Waals surface area contributed by atoms with E-state index in [-0.39, 0.29) is 0 Å². The zero-order chi connectivity index (χ0) is 34.0. The Kier molecular flexibility index (Phi) is 7.88. The molecule has 1 aliphatic rings. The minimum Gasteiger partial charge on any atom is -0.518 e. The molecule has 0 atom stereocenters. The minimum absolute atomic E-state index is 0.883. The van der Waals surface area contributed by atoms with Gasteiger partial charge < -0.3 is 8.99 Å². The van der Waals surface area contributed by atoms with Crippen LogP contribution in [0.1, 0.15) is 0 Å². The lowest BCUT2D eigenvalue weighted by molar-refractivity contribution is 0.567. The second-order valence-electron chi connectivity index (χ2n) is 12.9. The van der Waals surface area contributed by atoms with Crippen molar-refractivity contribution in [2.75, 3.05) is 4.57 Å². The summed E-state index contributed by atoms with van der Waals surface area (Å²) >= 11 is 0. The van der Waals surface area contributed by atoms with Crippen molar-refractivity contribution in [3.05, 3.63) is 212 Å². The molecule has 0 bridgehead atoms. The maximum Gasteiger partial charge on any atom is 0.433 e. The number of fused-ring (bicyclic) bond motifs is 3. The van der Waals surface area contributed by atoms with Crippen molar-refractivity contribution in [1.82, 2.24) is 0 Å². The fraction of sp³-hybridized carbons (Fsp3) is 0. The Morgan fingerprint density at radius 2 is 0.765 bits per heavy atom. The van der Waals surface area contributed by atoms with Crippen LogP contribution in [0.25, 0.3) is 44.5 Å². The third kappa shape index (κ3) is 5.54. The van der Waals surface area contributed by atoms with Crippen molar-refractivity contribution in [2.24, 2.45) is 0 Å². The Balaban J connectivity index is 1.40. The molecule has 0 fully saturated rings. The molecule has 242 valence electrons. The Labute approximate surface area is 300 Å². The van der Waals surface area contributed by atoms with E-state index in [0.29, 0.717) is 0 Å². The second kappa shape index (κ2) is 13.1. The van der Waals surface area contributed by atoms with Crippen molar-refractivity contribution < 1.29 is 4.43 Å². The molecule has 0 aliphatic carbocycles. The first kappa shape index (κ1) is 30.6. The van der Waals surface area contributed by atoms with Gasteiger partial charge in [0.05, 0.1) is 0 Å². The molecule has 0 amide bonds. The van der Waals surface area contributed by atoms with Crippen LogP contribution >= 0.6 is 0 Å². The number of hydrogen-bond donors (Lipinski definition) is 0. The van der Waals surface area contributed by atoms with E-state index < -0.39 is 8.48 Å². The second-order valence-corrected chi connectivity index (χ2v) is 16.0. The first-order valence-electron chi connectivity index (χ1n) is 17.4. The van der Waals surface area contributed by atoms with Crippen LogP contribution in [0.15, 0.2) is 212 Å². The van der Waals surface area contributed by atoms with Gasteiger partial charge in [-0.3, -0.25) is 0 Å². The molecular weight excluding hydrogens is 635 g/mol. The van der Waals surface area contributed by atoms with Crippen molar-refractivity contribution in [1.29, 1.82) is 0 Å². The highest BCUT2D eigenvalue weighted by atomic mass is 28.4. The van der Waals surface area contributed by atoms with Gasteiger partial charge in [0.15, 0.2) is 0 Å². The average molecular weight is 670 g/mol. The number of anilines is 2. The molecule has 0 saturated heterocycles. The van der Waals surface area contributed by atoms with E-state index in [1.165, 1.54) is 16.7 Å². The molecule has 8 aromatic rings. The van der Waals surface area contributed by atoms with E-state index in [1.54, 1.807) is 0 Å². The molecular formula is C48H35NOSi. The summed E-state index contributed by atoms with van der Waals surface area (Å²) in [4.78, 5) is 0. The van der Waals surface area contributed by atoms with Crippen LogP contribution in [0.5, 0.6) is 5.75 Å². The first-order valence-corrected chi connectivity index (χ1v) is 19.3. The average Bonchev–Trinajstić information content (AvgIpc) is 3.35. The van der Waals surface area contributed by atoms with Crippen molar-refractivity contribution in [3.8, 4) is 50.3 Å². The Bertz CT molecular complexity index is 2380. The maximum atomic E-state index is 7.86. The van der Waals surface area contributed by atoms with Gasteiger partial charge in [-0.15, -0.1) is 0 Å². The SMILES string of the molecule is c1ccc(-c2cccc(N3c4ccccc4-c4ccccc4O[Si]3(c3cccc(-c4ccccc4)c3)c3cccc(-c4ccccc4)c3)c2)cc1. The number of para-hydroxylation sites is 2. The lowest BCUT2D eigenvalue weighted by Crippen LogP contribution is -2.73. The summed E-state index contributed by atoms with van der Waals surface area (Å²) < 4.78 is 10.4. The Morgan fingerprint density at radius 1 is 0.333 bits per heavy atom. The van der Waals surface area contributed by atoms with Crippen LogP contribution in [-0.4, -0.2) is 8.48 Å².